The van der Waals surface area contributed by atoms with E-state index in [9.17, 15) is 4.79 Å². The standard InChI is InChI=1S/C12H20BrN5O/c1-12(2,3)18-8(19)5-6-15-11-9(13)10(14-4)16-7-17-11/h7H,5-6H2,1-4H3,(H,18,19)(H2,14,15,16,17). The second-order valence-electron chi connectivity index (χ2n) is 5.11. The number of halogens is 1. The molecule has 0 atom stereocenters. The van der Waals surface area contributed by atoms with Gasteiger partial charge in [0.05, 0.1) is 0 Å². The summed E-state index contributed by atoms with van der Waals surface area (Å²) < 4.78 is 0.758. The highest BCUT2D eigenvalue weighted by Gasteiger charge is 2.13. The van der Waals surface area contributed by atoms with Gasteiger partial charge in [-0.3, -0.25) is 4.79 Å². The van der Waals surface area contributed by atoms with Gasteiger partial charge in [-0.1, -0.05) is 0 Å². The second-order valence-corrected chi connectivity index (χ2v) is 5.90. The first-order chi connectivity index (χ1) is 8.83. The van der Waals surface area contributed by atoms with Crippen LogP contribution >= 0.6 is 15.9 Å². The first-order valence-electron chi connectivity index (χ1n) is 6.06. The molecule has 1 aromatic heterocycles. The van der Waals surface area contributed by atoms with Gasteiger partial charge >= 0.3 is 0 Å². The molecule has 7 heteroatoms. The van der Waals surface area contributed by atoms with E-state index in [1.54, 1.807) is 7.05 Å². The third-order valence-electron chi connectivity index (χ3n) is 2.19. The Labute approximate surface area is 121 Å². The fraction of sp³-hybridized carbons (Fsp3) is 0.583. The number of anilines is 2. The van der Waals surface area contributed by atoms with Crippen molar-refractivity contribution in [3.63, 3.8) is 0 Å². The largest absolute Gasteiger partial charge is 0.372 e. The summed E-state index contributed by atoms with van der Waals surface area (Å²) in [6, 6.07) is 0. The van der Waals surface area contributed by atoms with Crippen LogP contribution < -0.4 is 16.0 Å². The van der Waals surface area contributed by atoms with Crippen LogP contribution in [-0.4, -0.2) is 35.0 Å². The number of nitrogens with zero attached hydrogens (tertiary/aromatic N) is 2. The van der Waals surface area contributed by atoms with E-state index in [4.69, 9.17) is 0 Å². The van der Waals surface area contributed by atoms with E-state index >= 15 is 0 Å². The molecule has 0 aliphatic rings. The molecule has 0 spiro atoms. The zero-order chi connectivity index (χ0) is 14.5. The fourth-order valence-electron chi connectivity index (χ4n) is 1.44. The maximum atomic E-state index is 11.6. The zero-order valence-electron chi connectivity index (χ0n) is 11.7. The van der Waals surface area contributed by atoms with Gasteiger partial charge in [0.25, 0.3) is 0 Å². The number of carbonyl (C=O) groups is 1. The van der Waals surface area contributed by atoms with Crippen LogP contribution in [0.3, 0.4) is 0 Å². The first kappa shape index (κ1) is 15.7. The van der Waals surface area contributed by atoms with E-state index in [0.29, 0.717) is 24.6 Å². The number of nitrogens with one attached hydrogen (secondary N) is 3. The van der Waals surface area contributed by atoms with Gasteiger partial charge in [-0.15, -0.1) is 0 Å². The van der Waals surface area contributed by atoms with Crippen LogP contribution in [0.5, 0.6) is 0 Å². The van der Waals surface area contributed by atoms with E-state index in [1.165, 1.54) is 6.33 Å². The van der Waals surface area contributed by atoms with Gasteiger partial charge in [-0.25, -0.2) is 9.97 Å². The van der Waals surface area contributed by atoms with Crippen LogP contribution in [0, 0.1) is 0 Å². The molecule has 0 bridgehead atoms. The molecule has 0 aliphatic heterocycles. The highest BCUT2D eigenvalue weighted by molar-refractivity contribution is 9.10. The molecular weight excluding hydrogens is 310 g/mol. The molecule has 0 unspecified atom stereocenters. The van der Waals surface area contributed by atoms with E-state index < -0.39 is 0 Å². The third-order valence-corrected chi connectivity index (χ3v) is 2.94. The number of aromatic nitrogens is 2. The molecule has 1 amide bonds. The van der Waals surface area contributed by atoms with Gasteiger partial charge in [-0.2, -0.15) is 0 Å². The van der Waals surface area contributed by atoms with Crippen molar-refractivity contribution in [2.24, 2.45) is 0 Å². The molecule has 0 saturated carbocycles. The second kappa shape index (κ2) is 6.70. The average molecular weight is 330 g/mol. The van der Waals surface area contributed by atoms with Crippen LogP contribution in [0.4, 0.5) is 11.6 Å². The SMILES string of the molecule is CNc1ncnc(NCCC(=O)NC(C)(C)C)c1Br. The van der Waals surface area contributed by atoms with Gasteiger partial charge in [0, 0.05) is 25.6 Å². The highest BCUT2D eigenvalue weighted by Crippen LogP contribution is 2.25. The number of hydrogen-bond donors (Lipinski definition) is 3. The maximum Gasteiger partial charge on any atom is 0.222 e. The Morgan fingerprint density at radius 2 is 1.95 bits per heavy atom. The summed E-state index contributed by atoms with van der Waals surface area (Å²) >= 11 is 3.41. The van der Waals surface area contributed by atoms with Gasteiger partial charge in [-0.05, 0) is 36.7 Å². The third kappa shape index (κ3) is 5.42. The smallest absolute Gasteiger partial charge is 0.222 e. The summed E-state index contributed by atoms with van der Waals surface area (Å²) in [5.74, 6) is 1.39. The summed E-state index contributed by atoms with van der Waals surface area (Å²) in [7, 11) is 1.79. The number of amides is 1. The number of carbonyl (C=O) groups excluding carboxylic acids is 1. The maximum absolute atomic E-state index is 11.6. The Morgan fingerprint density at radius 1 is 1.32 bits per heavy atom. The predicted octanol–water partition coefficient (Wildman–Crippen LogP) is 2.00. The molecule has 0 fully saturated rings. The van der Waals surface area contributed by atoms with E-state index in [0.717, 1.165) is 4.47 Å². The first-order valence-corrected chi connectivity index (χ1v) is 6.86. The average Bonchev–Trinajstić information content (AvgIpc) is 2.29. The Hall–Kier alpha value is -1.37. The molecule has 0 aliphatic carbocycles. The Morgan fingerprint density at radius 3 is 2.53 bits per heavy atom. The summed E-state index contributed by atoms with van der Waals surface area (Å²) in [4.78, 5) is 19.8. The van der Waals surface area contributed by atoms with E-state index in [1.807, 2.05) is 20.8 Å². The lowest BCUT2D eigenvalue weighted by Gasteiger charge is -2.20. The van der Waals surface area contributed by atoms with Crippen molar-refractivity contribution in [2.45, 2.75) is 32.7 Å². The van der Waals surface area contributed by atoms with Crippen LogP contribution in [0.2, 0.25) is 0 Å². The molecule has 106 valence electrons. The lowest BCUT2D eigenvalue weighted by molar-refractivity contribution is -0.122. The lowest BCUT2D eigenvalue weighted by atomic mass is 10.1. The molecule has 1 aromatic rings. The van der Waals surface area contributed by atoms with Crippen molar-refractivity contribution < 1.29 is 4.79 Å². The molecule has 3 N–H and O–H groups in total. The van der Waals surface area contributed by atoms with Crippen molar-refractivity contribution in [3.05, 3.63) is 10.8 Å². The minimum atomic E-state index is -0.202. The van der Waals surface area contributed by atoms with Gasteiger partial charge in [0.1, 0.15) is 22.4 Å². The Balaban J connectivity index is 2.48. The molecular formula is C12H20BrN5O. The van der Waals surface area contributed by atoms with Gasteiger partial charge < -0.3 is 16.0 Å². The lowest BCUT2D eigenvalue weighted by Crippen LogP contribution is -2.41. The van der Waals surface area contributed by atoms with Crippen molar-refractivity contribution in [1.82, 2.24) is 15.3 Å². The van der Waals surface area contributed by atoms with Crippen LogP contribution in [0.1, 0.15) is 27.2 Å². The number of hydrogen-bond acceptors (Lipinski definition) is 5. The molecule has 6 nitrogen and oxygen atoms in total. The summed E-state index contributed by atoms with van der Waals surface area (Å²) in [5, 5.41) is 8.96. The molecule has 0 radical (unpaired) electrons. The molecule has 19 heavy (non-hydrogen) atoms. The summed E-state index contributed by atoms with van der Waals surface area (Å²) in [6.07, 6.45) is 1.86. The highest BCUT2D eigenvalue weighted by atomic mass is 79.9. The van der Waals surface area contributed by atoms with Gasteiger partial charge in [0.15, 0.2) is 0 Å². The van der Waals surface area contributed by atoms with Crippen molar-refractivity contribution in [1.29, 1.82) is 0 Å². The van der Waals surface area contributed by atoms with Crippen LogP contribution in [0.15, 0.2) is 10.8 Å². The summed E-state index contributed by atoms with van der Waals surface area (Å²) in [5.41, 5.74) is -0.202. The monoisotopic (exact) mass is 329 g/mol. The molecule has 0 aromatic carbocycles. The summed E-state index contributed by atoms with van der Waals surface area (Å²) in [6.45, 7) is 6.39. The minimum absolute atomic E-state index is 0.0130. The number of rotatable bonds is 5. The molecule has 1 rings (SSSR count). The van der Waals surface area contributed by atoms with E-state index in [2.05, 4.69) is 41.8 Å². The quantitative estimate of drug-likeness (QED) is 0.770. The van der Waals surface area contributed by atoms with E-state index in [-0.39, 0.29) is 11.4 Å². The van der Waals surface area contributed by atoms with Crippen LogP contribution in [0.25, 0.3) is 0 Å². The Bertz CT molecular complexity index is 444. The molecule has 1 heterocycles. The fourth-order valence-corrected chi connectivity index (χ4v) is 1.99. The topological polar surface area (TPSA) is 78.9 Å². The minimum Gasteiger partial charge on any atom is -0.372 e. The van der Waals surface area contributed by atoms with Gasteiger partial charge in [0.2, 0.25) is 5.91 Å². The van der Waals surface area contributed by atoms with Crippen molar-refractivity contribution >= 4 is 33.5 Å². The Kier molecular flexibility index (Phi) is 5.53. The van der Waals surface area contributed by atoms with Crippen LogP contribution in [-0.2, 0) is 4.79 Å². The predicted molar refractivity (Wildman–Crippen MR) is 80.3 cm³/mol. The van der Waals surface area contributed by atoms with Crippen molar-refractivity contribution in [3.8, 4) is 0 Å². The molecule has 0 saturated heterocycles. The zero-order valence-corrected chi connectivity index (χ0v) is 13.3. The van der Waals surface area contributed by atoms with Crippen molar-refractivity contribution in [2.75, 3.05) is 24.2 Å². The normalized spacial score (nSPS) is 11.0.